The first-order valence-electron chi connectivity index (χ1n) is 8.44. The van der Waals surface area contributed by atoms with Crippen LogP contribution in [0.5, 0.6) is 0 Å². The van der Waals surface area contributed by atoms with Crippen LogP contribution >= 0.6 is 0 Å². The Bertz CT molecular complexity index is 660. The third-order valence-corrected chi connectivity index (χ3v) is 4.88. The van der Waals surface area contributed by atoms with E-state index in [1.54, 1.807) is 4.90 Å². The summed E-state index contributed by atoms with van der Waals surface area (Å²) in [7, 11) is 0. The Morgan fingerprint density at radius 3 is 2.42 bits per heavy atom. The normalized spacial score (nSPS) is 23.8. The third kappa shape index (κ3) is 3.60. The predicted octanol–water partition coefficient (Wildman–Crippen LogP) is 3.73. The highest BCUT2D eigenvalue weighted by molar-refractivity contribution is 5.68. The maximum Gasteiger partial charge on any atom is 0.411 e. The lowest BCUT2D eigenvalue weighted by atomic mass is 9.80. The first kappa shape index (κ1) is 16.5. The lowest BCUT2D eigenvalue weighted by Gasteiger charge is -2.41. The van der Waals surface area contributed by atoms with Crippen LogP contribution < -0.4 is 5.73 Å². The van der Waals surface area contributed by atoms with Crippen molar-refractivity contribution in [3.05, 3.63) is 71.8 Å². The molecule has 0 radical (unpaired) electrons. The van der Waals surface area contributed by atoms with Gasteiger partial charge in [-0.3, -0.25) is 4.90 Å². The fourth-order valence-corrected chi connectivity index (χ4v) is 3.40. The van der Waals surface area contributed by atoms with Crippen LogP contribution in [0.2, 0.25) is 0 Å². The lowest BCUT2D eigenvalue weighted by molar-refractivity contribution is 0.0471. The summed E-state index contributed by atoms with van der Waals surface area (Å²) in [5, 5.41) is 0. The molecule has 2 N–H and O–H groups in total. The second kappa shape index (κ2) is 7.49. The van der Waals surface area contributed by atoms with Crippen LogP contribution in [0.15, 0.2) is 60.7 Å². The Balaban J connectivity index is 1.61. The lowest BCUT2D eigenvalue weighted by Crippen LogP contribution is -2.55. The maximum absolute atomic E-state index is 12.4. The van der Waals surface area contributed by atoms with Crippen LogP contribution in [0.3, 0.4) is 0 Å². The number of hydrogen-bond acceptors (Lipinski definition) is 3. The summed E-state index contributed by atoms with van der Waals surface area (Å²) in [6.07, 6.45) is 0.246. The van der Waals surface area contributed by atoms with Gasteiger partial charge in [0, 0.05) is 6.54 Å². The number of carbonyl (C=O) groups excluding carboxylic acids is 1. The molecule has 2 aromatic rings. The number of nitrogens with zero attached hydrogens (tertiary/aromatic N) is 1. The average molecular weight is 324 g/mol. The molecule has 126 valence electrons. The van der Waals surface area contributed by atoms with Gasteiger partial charge < -0.3 is 10.5 Å². The first-order valence-corrected chi connectivity index (χ1v) is 8.44. The molecule has 1 heterocycles. The van der Waals surface area contributed by atoms with Gasteiger partial charge >= 0.3 is 6.09 Å². The average Bonchev–Trinajstić information content (AvgIpc) is 2.63. The number of ether oxygens (including phenoxy) is 1. The summed E-state index contributed by atoms with van der Waals surface area (Å²) >= 11 is 0. The summed E-state index contributed by atoms with van der Waals surface area (Å²) in [6, 6.07) is 20.1. The highest BCUT2D eigenvalue weighted by atomic mass is 16.6. The Kier molecular flexibility index (Phi) is 5.16. The van der Waals surface area contributed by atoms with Crippen LogP contribution in [0.4, 0.5) is 4.79 Å². The first-order chi connectivity index (χ1) is 11.7. The van der Waals surface area contributed by atoms with Gasteiger partial charge in [0.1, 0.15) is 6.61 Å². The molecule has 0 aromatic heterocycles. The quantitative estimate of drug-likeness (QED) is 0.936. The number of hydrogen-bond donors (Lipinski definition) is 1. The third-order valence-electron chi connectivity index (χ3n) is 4.88. The number of amides is 1. The Labute approximate surface area is 143 Å². The van der Waals surface area contributed by atoms with Crippen LogP contribution in [-0.2, 0) is 11.3 Å². The minimum atomic E-state index is -0.329. The maximum atomic E-state index is 12.4. The van der Waals surface area contributed by atoms with Gasteiger partial charge in [0.15, 0.2) is 0 Å². The van der Waals surface area contributed by atoms with Gasteiger partial charge in [0.05, 0.1) is 6.17 Å². The van der Waals surface area contributed by atoms with E-state index < -0.39 is 0 Å². The van der Waals surface area contributed by atoms with Crippen LogP contribution in [0, 0.1) is 5.92 Å². The van der Waals surface area contributed by atoms with E-state index in [2.05, 4.69) is 19.1 Å². The number of likely N-dealkylation sites (tertiary alicyclic amines) is 1. The van der Waals surface area contributed by atoms with Crippen molar-refractivity contribution in [2.45, 2.75) is 32.0 Å². The Morgan fingerprint density at radius 1 is 1.12 bits per heavy atom. The molecule has 2 aromatic carbocycles. The highest BCUT2D eigenvalue weighted by Gasteiger charge is 2.36. The van der Waals surface area contributed by atoms with E-state index in [1.165, 1.54) is 5.56 Å². The number of rotatable bonds is 3. The van der Waals surface area contributed by atoms with E-state index in [1.807, 2.05) is 48.5 Å². The molecular formula is C20H24N2O2. The van der Waals surface area contributed by atoms with E-state index in [0.717, 1.165) is 12.0 Å². The molecule has 1 amide bonds. The van der Waals surface area contributed by atoms with Crippen LogP contribution in [0.1, 0.15) is 30.4 Å². The zero-order valence-electron chi connectivity index (χ0n) is 14.0. The smallest absolute Gasteiger partial charge is 0.411 e. The van der Waals surface area contributed by atoms with Crippen molar-refractivity contribution in [2.75, 3.05) is 6.54 Å². The van der Waals surface area contributed by atoms with Gasteiger partial charge in [-0.15, -0.1) is 0 Å². The molecule has 0 saturated carbocycles. The number of carbonyl (C=O) groups is 1. The van der Waals surface area contributed by atoms with Crippen LogP contribution in [-0.4, -0.2) is 23.7 Å². The van der Waals surface area contributed by atoms with Gasteiger partial charge in [-0.2, -0.15) is 0 Å². The molecule has 3 atom stereocenters. The number of piperidine rings is 1. The van der Waals surface area contributed by atoms with E-state index >= 15 is 0 Å². The molecule has 0 spiro atoms. The van der Waals surface area contributed by atoms with Crippen molar-refractivity contribution < 1.29 is 9.53 Å². The predicted molar refractivity (Wildman–Crippen MR) is 94.3 cm³/mol. The molecule has 1 aliphatic rings. The minimum absolute atomic E-state index is 0.186. The zero-order chi connectivity index (χ0) is 16.9. The van der Waals surface area contributed by atoms with E-state index in [0.29, 0.717) is 12.5 Å². The summed E-state index contributed by atoms with van der Waals surface area (Å²) in [4.78, 5) is 14.1. The molecule has 3 rings (SSSR count). The fourth-order valence-electron chi connectivity index (χ4n) is 3.40. The summed E-state index contributed by atoms with van der Waals surface area (Å²) in [5.41, 5.74) is 8.61. The molecule has 1 fully saturated rings. The van der Waals surface area contributed by atoms with Gasteiger partial charge in [-0.1, -0.05) is 67.6 Å². The molecule has 4 nitrogen and oxygen atoms in total. The molecular weight excluding hydrogens is 300 g/mol. The standard InChI is InChI=1S/C20H24N2O2/c1-15-18(17-10-6-3-7-11-17)12-13-22(19(15)21)20(23)24-14-16-8-4-2-5-9-16/h2-11,15,18-19H,12-14,21H2,1H3. The second-order valence-corrected chi connectivity index (χ2v) is 6.39. The van der Waals surface area contributed by atoms with E-state index in [4.69, 9.17) is 10.5 Å². The van der Waals surface area contributed by atoms with Crippen LogP contribution in [0.25, 0.3) is 0 Å². The monoisotopic (exact) mass is 324 g/mol. The number of nitrogens with two attached hydrogens (primary N) is 1. The SMILES string of the molecule is CC1C(c2ccccc2)CCN(C(=O)OCc2ccccc2)C1N. The topological polar surface area (TPSA) is 55.6 Å². The fraction of sp³-hybridized carbons (Fsp3) is 0.350. The minimum Gasteiger partial charge on any atom is -0.445 e. The van der Waals surface area contributed by atoms with Crippen molar-refractivity contribution in [2.24, 2.45) is 11.7 Å². The van der Waals surface area contributed by atoms with Gasteiger partial charge in [0.2, 0.25) is 0 Å². The van der Waals surface area contributed by atoms with Gasteiger partial charge in [0.25, 0.3) is 0 Å². The van der Waals surface area contributed by atoms with Crippen molar-refractivity contribution in [3.8, 4) is 0 Å². The Hall–Kier alpha value is -2.33. The highest BCUT2D eigenvalue weighted by Crippen LogP contribution is 2.35. The van der Waals surface area contributed by atoms with Gasteiger partial charge in [-0.25, -0.2) is 4.79 Å². The van der Waals surface area contributed by atoms with Crippen molar-refractivity contribution in [1.29, 1.82) is 0 Å². The number of benzene rings is 2. The van der Waals surface area contributed by atoms with Crippen molar-refractivity contribution in [3.63, 3.8) is 0 Å². The van der Waals surface area contributed by atoms with Gasteiger partial charge in [-0.05, 0) is 29.4 Å². The Morgan fingerprint density at radius 2 is 1.75 bits per heavy atom. The molecule has 3 unspecified atom stereocenters. The molecule has 1 saturated heterocycles. The molecule has 0 aliphatic carbocycles. The summed E-state index contributed by atoms with van der Waals surface area (Å²) < 4.78 is 5.43. The largest absolute Gasteiger partial charge is 0.445 e. The molecule has 4 heteroatoms. The summed E-state index contributed by atoms with van der Waals surface area (Å²) in [5.74, 6) is 0.560. The molecule has 0 bridgehead atoms. The van der Waals surface area contributed by atoms with Crippen molar-refractivity contribution in [1.82, 2.24) is 4.90 Å². The second-order valence-electron chi connectivity index (χ2n) is 6.39. The van der Waals surface area contributed by atoms with Crippen molar-refractivity contribution >= 4 is 6.09 Å². The van der Waals surface area contributed by atoms with E-state index in [9.17, 15) is 4.79 Å². The zero-order valence-corrected chi connectivity index (χ0v) is 14.0. The summed E-state index contributed by atoms with van der Waals surface area (Å²) in [6.45, 7) is 3.01. The molecule has 24 heavy (non-hydrogen) atoms. The molecule has 1 aliphatic heterocycles. The van der Waals surface area contributed by atoms with E-state index in [-0.39, 0.29) is 24.8 Å².